The van der Waals surface area contributed by atoms with Crippen molar-refractivity contribution in [2.45, 2.75) is 6.18 Å². The van der Waals surface area contributed by atoms with E-state index in [0.717, 1.165) is 25.3 Å². The summed E-state index contributed by atoms with van der Waals surface area (Å²) in [6.07, 6.45) is -4.58. The molecule has 0 aliphatic heterocycles. The second-order valence-electron chi connectivity index (χ2n) is 4.68. The van der Waals surface area contributed by atoms with Gasteiger partial charge in [0.05, 0.1) is 34.5 Å². The van der Waals surface area contributed by atoms with Gasteiger partial charge in [0.1, 0.15) is 0 Å². The average molecular weight is 358 g/mol. The van der Waals surface area contributed by atoms with Gasteiger partial charge in [0.2, 0.25) is 0 Å². The third-order valence-electron chi connectivity index (χ3n) is 3.12. The van der Waals surface area contributed by atoms with Crippen LogP contribution in [0.15, 0.2) is 42.5 Å². The minimum absolute atomic E-state index is 0.0133. The predicted octanol–water partition coefficient (Wildman–Crippen LogP) is 4.40. The summed E-state index contributed by atoms with van der Waals surface area (Å²) in [4.78, 5) is 24.0. The van der Waals surface area contributed by atoms with E-state index in [1.54, 1.807) is 0 Å². The lowest BCUT2D eigenvalue weighted by molar-refractivity contribution is -0.137. The molecule has 24 heavy (non-hydrogen) atoms. The standard InChI is InChI=1S/C16H11ClF3NO3/c1-24-15(23)11-5-3-2-4-10(11)14(22)21-13-8-9(16(18,19)20)6-7-12(13)17/h2-8H,1H3,(H,21,22). The molecule has 1 N–H and O–H groups in total. The van der Waals surface area contributed by atoms with E-state index in [1.165, 1.54) is 24.3 Å². The topological polar surface area (TPSA) is 55.4 Å². The summed E-state index contributed by atoms with van der Waals surface area (Å²) >= 11 is 5.83. The molecular formula is C16H11ClF3NO3. The van der Waals surface area contributed by atoms with Crippen molar-refractivity contribution in [1.29, 1.82) is 0 Å². The van der Waals surface area contributed by atoms with Crippen LogP contribution in [0.3, 0.4) is 0 Å². The van der Waals surface area contributed by atoms with Gasteiger partial charge in [-0.2, -0.15) is 13.2 Å². The summed E-state index contributed by atoms with van der Waals surface area (Å²) in [6, 6.07) is 8.32. The van der Waals surface area contributed by atoms with Gasteiger partial charge in [-0.25, -0.2) is 4.79 Å². The van der Waals surface area contributed by atoms with Crippen molar-refractivity contribution in [3.05, 3.63) is 64.2 Å². The monoisotopic (exact) mass is 357 g/mol. The molecule has 0 saturated heterocycles. The lowest BCUT2D eigenvalue weighted by Gasteiger charge is -2.13. The fourth-order valence-electron chi connectivity index (χ4n) is 1.96. The molecule has 0 atom stereocenters. The number of carbonyl (C=O) groups excluding carboxylic acids is 2. The Bertz CT molecular complexity index is 790. The minimum Gasteiger partial charge on any atom is -0.465 e. The van der Waals surface area contributed by atoms with Gasteiger partial charge in [0.15, 0.2) is 0 Å². The number of halogens is 4. The molecule has 4 nitrogen and oxygen atoms in total. The van der Waals surface area contributed by atoms with Gasteiger partial charge in [-0.15, -0.1) is 0 Å². The summed E-state index contributed by atoms with van der Waals surface area (Å²) in [5, 5.41) is 2.22. The minimum atomic E-state index is -4.58. The molecule has 0 spiro atoms. The molecule has 2 rings (SSSR count). The fraction of sp³-hybridized carbons (Fsp3) is 0.125. The van der Waals surface area contributed by atoms with Gasteiger partial charge in [0.25, 0.3) is 5.91 Å². The molecule has 0 aliphatic carbocycles. The molecule has 8 heteroatoms. The van der Waals surface area contributed by atoms with E-state index in [4.69, 9.17) is 11.6 Å². The summed E-state index contributed by atoms with van der Waals surface area (Å²) in [5.41, 5.74) is -1.22. The third kappa shape index (κ3) is 3.86. The van der Waals surface area contributed by atoms with Crippen LogP contribution in [-0.2, 0) is 10.9 Å². The Balaban J connectivity index is 2.36. The van der Waals surface area contributed by atoms with Crippen molar-refractivity contribution < 1.29 is 27.5 Å². The highest BCUT2D eigenvalue weighted by Crippen LogP contribution is 2.34. The first-order chi connectivity index (χ1) is 11.2. The predicted molar refractivity (Wildman–Crippen MR) is 82.2 cm³/mol. The van der Waals surface area contributed by atoms with Gasteiger partial charge in [-0.1, -0.05) is 23.7 Å². The average Bonchev–Trinajstić information content (AvgIpc) is 2.55. The number of alkyl halides is 3. The maximum atomic E-state index is 12.8. The van der Waals surface area contributed by atoms with E-state index in [-0.39, 0.29) is 21.8 Å². The molecule has 0 heterocycles. The second kappa shape index (κ2) is 6.92. The number of hydrogen-bond acceptors (Lipinski definition) is 3. The number of esters is 1. The first-order valence-corrected chi connectivity index (χ1v) is 6.97. The Hall–Kier alpha value is -2.54. The molecule has 0 unspecified atom stereocenters. The molecule has 0 saturated carbocycles. The van der Waals surface area contributed by atoms with Crippen LogP contribution in [0.2, 0.25) is 5.02 Å². The quantitative estimate of drug-likeness (QED) is 0.828. The van der Waals surface area contributed by atoms with E-state index in [1.807, 2.05) is 0 Å². The molecule has 2 aromatic carbocycles. The number of anilines is 1. The number of rotatable bonds is 3. The maximum Gasteiger partial charge on any atom is 0.416 e. The van der Waals surface area contributed by atoms with E-state index >= 15 is 0 Å². The summed E-state index contributed by atoms with van der Waals surface area (Å²) in [6.45, 7) is 0. The number of nitrogens with one attached hydrogen (secondary N) is 1. The Labute approximate surface area is 140 Å². The van der Waals surface area contributed by atoms with Crippen LogP contribution in [0, 0.1) is 0 Å². The normalized spacial score (nSPS) is 11.0. The molecule has 0 bridgehead atoms. The second-order valence-corrected chi connectivity index (χ2v) is 5.09. The first kappa shape index (κ1) is 17.8. The van der Waals surface area contributed by atoms with Crippen molar-refractivity contribution in [2.75, 3.05) is 12.4 Å². The van der Waals surface area contributed by atoms with E-state index < -0.39 is 23.6 Å². The van der Waals surface area contributed by atoms with Crippen molar-refractivity contribution in [3.63, 3.8) is 0 Å². The fourth-order valence-corrected chi connectivity index (χ4v) is 2.12. The van der Waals surface area contributed by atoms with Crippen LogP contribution in [0.25, 0.3) is 0 Å². The van der Waals surface area contributed by atoms with Gasteiger partial charge >= 0.3 is 12.1 Å². The van der Waals surface area contributed by atoms with Gasteiger partial charge in [0, 0.05) is 0 Å². The highest BCUT2D eigenvalue weighted by atomic mass is 35.5. The molecule has 0 radical (unpaired) electrons. The molecule has 2 aromatic rings. The third-order valence-corrected chi connectivity index (χ3v) is 3.45. The van der Waals surface area contributed by atoms with Crippen LogP contribution in [-0.4, -0.2) is 19.0 Å². The Kier molecular flexibility index (Phi) is 5.14. The number of carbonyl (C=O) groups is 2. The van der Waals surface area contributed by atoms with E-state index in [2.05, 4.69) is 10.1 Å². The number of benzene rings is 2. The van der Waals surface area contributed by atoms with Gasteiger partial charge < -0.3 is 10.1 Å². The largest absolute Gasteiger partial charge is 0.465 e. The van der Waals surface area contributed by atoms with Crippen molar-refractivity contribution in [2.24, 2.45) is 0 Å². The maximum absolute atomic E-state index is 12.8. The zero-order valence-corrected chi connectivity index (χ0v) is 13.0. The molecule has 126 valence electrons. The molecule has 0 aromatic heterocycles. The Morgan fingerprint density at radius 1 is 1.08 bits per heavy atom. The van der Waals surface area contributed by atoms with Crippen LogP contribution >= 0.6 is 11.6 Å². The smallest absolute Gasteiger partial charge is 0.416 e. The lowest BCUT2D eigenvalue weighted by atomic mass is 10.1. The number of ether oxygens (including phenoxy) is 1. The summed E-state index contributed by atoms with van der Waals surface area (Å²) in [5.74, 6) is -1.52. The number of amides is 1. The van der Waals surface area contributed by atoms with Crippen molar-refractivity contribution >= 4 is 29.2 Å². The lowest BCUT2D eigenvalue weighted by Crippen LogP contribution is -2.17. The SMILES string of the molecule is COC(=O)c1ccccc1C(=O)Nc1cc(C(F)(F)F)ccc1Cl. The zero-order chi connectivity index (χ0) is 17.9. The van der Waals surface area contributed by atoms with Crippen LogP contribution in [0.5, 0.6) is 0 Å². The molecule has 0 aliphatic rings. The highest BCUT2D eigenvalue weighted by molar-refractivity contribution is 6.34. The summed E-state index contributed by atoms with van der Waals surface area (Å²) in [7, 11) is 1.15. The van der Waals surface area contributed by atoms with Crippen molar-refractivity contribution in [3.8, 4) is 0 Å². The van der Waals surface area contributed by atoms with Crippen LogP contribution in [0.4, 0.5) is 18.9 Å². The zero-order valence-electron chi connectivity index (χ0n) is 12.3. The number of methoxy groups -OCH3 is 1. The van der Waals surface area contributed by atoms with Crippen LogP contribution < -0.4 is 5.32 Å². The van der Waals surface area contributed by atoms with E-state index in [9.17, 15) is 22.8 Å². The Morgan fingerprint density at radius 3 is 2.29 bits per heavy atom. The number of hydrogen-bond donors (Lipinski definition) is 1. The van der Waals surface area contributed by atoms with Crippen molar-refractivity contribution in [1.82, 2.24) is 0 Å². The molecular weight excluding hydrogens is 347 g/mol. The van der Waals surface area contributed by atoms with E-state index in [0.29, 0.717) is 0 Å². The highest BCUT2D eigenvalue weighted by Gasteiger charge is 2.31. The molecule has 0 fully saturated rings. The van der Waals surface area contributed by atoms with Crippen LogP contribution in [0.1, 0.15) is 26.3 Å². The van der Waals surface area contributed by atoms with Gasteiger partial charge in [-0.05, 0) is 30.3 Å². The Morgan fingerprint density at radius 2 is 1.71 bits per heavy atom. The molecule has 1 amide bonds. The van der Waals surface area contributed by atoms with Gasteiger partial charge in [-0.3, -0.25) is 4.79 Å². The first-order valence-electron chi connectivity index (χ1n) is 6.59. The summed E-state index contributed by atoms with van der Waals surface area (Å²) < 4.78 is 42.8.